The summed E-state index contributed by atoms with van der Waals surface area (Å²) in [4.78, 5) is 25.0. The lowest BCUT2D eigenvalue weighted by atomic mass is 10.2. The van der Waals surface area contributed by atoms with Gasteiger partial charge in [-0.15, -0.1) is 10.2 Å². The van der Waals surface area contributed by atoms with E-state index in [9.17, 15) is 9.59 Å². The predicted molar refractivity (Wildman–Crippen MR) is 99.6 cm³/mol. The minimum atomic E-state index is -0.538. The average Bonchev–Trinajstić information content (AvgIpc) is 3.09. The second kappa shape index (κ2) is 6.48. The minimum absolute atomic E-state index is 0.128. The Morgan fingerprint density at radius 2 is 2.07 bits per heavy atom. The molecular weight excluding hydrogens is 370 g/mol. The fourth-order valence-electron chi connectivity index (χ4n) is 2.89. The molecule has 0 amide bonds. The van der Waals surface area contributed by atoms with Gasteiger partial charge in [0.2, 0.25) is 0 Å². The first-order valence-electron chi connectivity index (χ1n) is 8.21. The molecule has 0 saturated heterocycles. The number of aromatic nitrogens is 5. The molecular formula is C18H14ClN5O3. The second-order valence-electron chi connectivity index (χ2n) is 5.82. The van der Waals surface area contributed by atoms with Gasteiger partial charge in [-0.3, -0.25) is 9.36 Å². The highest BCUT2D eigenvalue weighted by molar-refractivity contribution is 6.31. The molecule has 4 rings (SSSR count). The maximum absolute atomic E-state index is 13.0. The van der Waals surface area contributed by atoms with Gasteiger partial charge in [-0.05, 0) is 37.6 Å². The quantitative estimate of drug-likeness (QED) is 0.505. The van der Waals surface area contributed by atoms with Crippen molar-refractivity contribution in [2.45, 2.75) is 13.8 Å². The van der Waals surface area contributed by atoms with Crippen molar-refractivity contribution in [1.29, 1.82) is 0 Å². The normalized spacial score (nSPS) is 11.2. The van der Waals surface area contributed by atoms with E-state index >= 15 is 0 Å². The second-order valence-corrected chi connectivity index (χ2v) is 6.23. The first kappa shape index (κ1) is 17.2. The van der Waals surface area contributed by atoms with E-state index in [0.717, 1.165) is 5.56 Å². The van der Waals surface area contributed by atoms with Gasteiger partial charge in [0.1, 0.15) is 11.1 Å². The number of halogens is 1. The molecule has 0 aliphatic rings. The molecule has 27 heavy (non-hydrogen) atoms. The van der Waals surface area contributed by atoms with Crippen molar-refractivity contribution in [3.05, 3.63) is 63.2 Å². The number of hydrogen-bond acceptors (Lipinski definition) is 6. The molecule has 4 aromatic rings. The minimum Gasteiger partial charge on any atom is -0.462 e. The van der Waals surface area contributed by atoms with E-state index in [0.29, 0.717) is 16.2 Å². The maximum atomic E-state index is 13.0. The smallest absolute Gasteiger partial charge is 0.343 e. The van der Waals surface area contributed by atoms with Crippen LogP contribution in [0.3, 0.4) is 0 Å². The van der Waals surface area contributed by atoms with Crippen LogP contribution < -0.4 is 5.56 Å². The van der Waals surface area contributed by atoms with Crippen molar-refractivity contribution < 1.29 is 9.53 Å². The number of pyridine rings is 1. The topological polar surface area (TPSA) is 91.4 Å². The van der Waals surface area contributed by atoms with Crippen LogP contribution in [0.4, 0.5) is 0 Å². The standard InChI is InChI=1S/C18H14ClN5O3/c1-3-27-18(26)11-9-20-24-14-7-8-23(13-6-4-5-12(19)10(13)2)17(25)15(14)21-22-16(11)24/h4-9H,3H2,1-2H3. The van der Waals surface area contributed by atoms with Crippen LogP contribution in [-0.4, -0.2) is 37.0 Å². The van der Waals surface area contributed by atoms with E-state index in [1.807, 2.05) is 6.92 Å². The van der Waals surface area contributed by atoms with Crippen LogP contribution in [0.5, 0.6) is 0 Å². The van der Waals surface area contributed by atoms with Crippen molar-refractivity contribution in [3.63, 3.8) is 0 Å². The molecule has 136 valence electrons. The fraction of sp³-hybridized carbons (Fsp3) is 0.167. The van der Waals surface area contributed by atoms with Crippen molar-refractivity contribution in [2.24, 2.45) is 0 Å². The molecule has 0 spiro atoms. The van der Waals surface area contributed by atoms with E-state index in [1.165, 1.54) is 15.3 Å². The highest BCUT2D eigenvalue weighted by Gasteiger charge is 2.19. The molecule has 0 fully saturated rings. The largest absolute Gasteiger partial charge is 0.462 e. The molecule has 0 N–H and O–H groups in total. The maximum Gasteiger partial charge on any atom is 0.343 e. The highest BCUT2D eigenvalue weighted by Crippen LogP contribution is 2.22. The van der Waals surface area contributed by atoms with E-state index in [1.54, 1.807) is 37.4 Å². The molecule has 1 aromatic carbocycles. The summed E-state index contributed by atoms with van der Waals surface area (Å²) in [6, 6.07) is 7.03. The van der Waals surface area contributed by atoms with Gasteiger partial charge in [0.05, 0.1) is 18.5 Å². The lowest BCUT2D eigenvalue weighted by Crippen LogP contribution is -2.21. The van der Waals surface area contributed by atoms with Crippen molar-refractivity contribution in [1.82, 2.24) is 24.4 Å². The zero-order chi connectivity index (χ0) is 19.1. The Kier molecular flexibility index (Phi) is 4.12. The van der Waals surface area contributed by atoms with Crippen molar-refractivity contribution in [3.8, 4) is 5.69 Å². The van der Waals surface area contributed by atoms with E-state index in [4.69, 9.17) is 16.3 Å². The molecule has 0 radical (unpaired) electrons. The highest BCUT2D eigenvalue weighted by atomic mass is 35.5. The summed E-state index contributed by atoms with van der Waals surface area (Å²) in [5.74, 6) is -0.538. The number of carbonyl (C=O) groups excluding carboxylic acids is 1. The Morgan fingerprint density at radius 3 is 2.85 bits per heavy atom. The van der Waals surface area contributed by atoms with Gasteiger partial charge in [0.25, 0.3) is 5.56 Å². The number of hydrogen-bond donors (Lipinski definition) is 0. The van der Waals surface area contributed by atoms with Crippen molar-refractivity contribution in [2.75, 3.05) is 6.61 Å². The molecule has 3 heterocycles. The number of fused-ring (bicyclic) bond motifs is 3. The fourth-order valence-corrected chi connectivity index (χ4v) is 3.06. The van der Waals surface area contributed by atoms with Gasteiger partial charge in [-0.2, -0.15) is 5.10 Å². The van der Waals surface area contributed by atoms with Crippen LogP contribution in [0.2, 0.25) is 5.02 Å². The van der Waals surface area contributed by atoms with Crippen molar-refractivity contribution >= 4 is 34.3 Å². The van der Waals surface area contributed by atoms with Crippen LogP contribution in [0.1, 0.15) is 22.8 Å². The Balaban J connectivity index is 1.95. The molecule has 9 heteroatoms. The molecule has 0 aliphatic carbocycles. The summed E-state index contributed by atoms with van der Waals surface area (Å²) in [6.07, 6.45) is 2.98. The number of carbonyl (C=O) groups is 1. The molecule has 8 nitrogen and oxygen atoms in total. The zero-order valence-electron chi connectivity index (χ0n) is 14.5. The van der Waals surface area contributed by atoms with Crippen LogP contribution in [0, 0.1) is 6.92 Å². The predicted octanol–water partition coefficient (Wildman–Crippen LogP) is 2.57. The lowest BCUT2D eigenvalue weighted by Gasteiger charge is -2.11. The van der Waals surface area contributed by atoms with Gasteiger partial charge >= 0.3 is 5.97 Å². The number of benzene rings is 1. The van der Waals surface area contributed by atoms with Gasteiger partial charge in [0, 0.05) is 11.2 Å². The summed E-state index contributed by atoms with van der Waals surface area (Å²) in [5, 5.41) is 12.8. The summed E-state index contributed by atoms with van der Waals surface area (Å²) in [7, 11) is 0. The Morgan fingerprint density at radius 1 is 1.26 bits per heavy atom. The molecule has 0 unspecified atom stereocenters. The van der Waals surface area contributed by atoms with Gasteiger partial charge in [-0.25, -0.2) is 9.31 Å². The first-order chi connectivity index (χ1) is 13.0. The summed E-state index contributed by atoms with van der Waals surface area (Å²) < 4.78 is 7.86. The SMILES string of the molecule is CCOC(=O)c1cnn2c1nnc1c(=O)n(-c3cccc(Cl)c3C)ccc12. The number of esters is 1. The zero-order valence-corrected chi connectivity index (χ0v) is 15.3. The molecule has 0 aliphatic heterocycles. The molecule has 0 atom stereocenters. The third-order valence-electron chi connectivity index (χ3n) is 4.26. The van der Waals surface area contributed by atoms with Crippen LogP contribution in [0.15, 0.2) is 41.5 Å². The van der Waals surface area contributed by atoms with E-state index in [2.05, 4.69) is 15.3 Å². The number of rotatable bonds is 3. The summed E-state index contributed by atoms with van der Waals surface area (Å²) in [5.41, 5.74) is 2.07. The Labute approximate surface area is 158 Å². The summed E-state index contributed by atoms with van der Waals surface area (Å²) in [6.45, 7) is 3.79. The third-order valence-corrected chi connectivity index (χ3v) is 4.67. The first-order valence-corrected chi connectivity index (χ1v) is 8.59. The lowest BCUT2D eigenvalue weighted by molar-refractivity contribution is 0.0528. The number of ether oxygens (including phenoxy) is 1. The Hall–Kier alpha value is -3.26. The van der Waals surface area contributed by atoms with Crippen LogP contribution in [0.25, 0.3) is 22.4 Å². The molecule has 3 aromatic heterocycles. The Bertz CT molecular complexity index is 1260. The average molecular weight is 384 g/mol. The van der Waals surface area contributed by atoms with Crippen LogP contribution >= 0.6 is 11.6 Å². The molecule has 0 bridgehead atoms. The van der Waals surface area contributed by atoms with E-state index < -0.39 is 5.97 Å². The molecule has 0 saturated carbocycles. The van der Waals surface area contributed by atoms with Gasteiger partial charge < -0.3 is 4.74 Å². The monoisotopic (exact) mass is 383 g/mol. The van der Waals surface area contributed by atoms with E-state index in [-0.39, 0.29) is 28.9 Å². The van der Waals surface area contributed by atoms with Gasteiger partial charge in [0.15, 0.2) is 11.2 Å². The van der Waals surface area contributed by atoms with Gasteiger partial charge in [-0.1, -0.05) is 17.7 Å². The number of nitrogens with zero attached hydrogens (tertiary/aromatic N) is 5. The third kappa shape index (κ3) is 2.65. The van der Waals surface area contributed by atoms with Crippen LogP contribution in [-0.2, 0) is 4.74 Å². The summed E-state index contributed by atoms with van der Waals surface area (Å²) >= 11 is 6.17.